The Hall–Kier alpha value is -2.70. The van der Waals surface area contributed by atoms with E-state index in [9.17, 15) is 9.59 Å². The fourth-order valence-electron chi connectivity index (χ4n) is 2.70. The van der Waals surface area contributed by atoms with E-state index in [0.29, 0.717) is 45.8 Å². The average Bonchev–Trinajstić information content (AvgIpc) is 3.02. The monoisotopic (exact) mass is 416 g/mol. The Morgan fingerprint density at radius 2 is 1.86 bits per heavy atom. The van der Waals surface area contributed by atoms with Crippen LogP contribution in [0.1, 0.15) is 35.3 Å². The Balaban J connectivity index is 1.62. The lowest BCUT2D eigenvalue weighted by molar-refractivity contribution is -0.116. The molecule has 144 valence electrons. The van der Waals surface area contributed by atoms with Crippen molar-refractivity contribution in [1.82, 2.24) is 14.8 Å². The van der Waals surface area contributed by atoms with Crippen LogP contribution in [0.25, 0.3) is 5.82 Å². The molecule has 1 amide bonds. The number of nitrogens with one attached hydrogen (secondary N) is 1. The van der Waals surface area contributed by atoms with Crippen LogP contribution < -0.4 is 5.32 Å². The molecule has 3 aromatic rings. The van der Waals surface area contributed by atoms with Crippen LogP contribution in [0.3, 0.4) is 0 Å². The molecular weight excluding hydrogens is 399 g/mol. The molecule has 1 N–H and O–H groups in total. The second-order valence-corrected chi connectivity index (χ2v) is 7.08. The average molecular weight is 417 g/mol. The maximum atomic E-state index is 12.3. The van der Waals surface area contributed by atoms with Crippen molar-refractivity contribution in [1.29, 1.82) is 0 Å². The molecule has 0 unspecified atom stereocenters. The molecule has 1 aromatic carbocycles. The van der Waals surface area contributed by atoms with E-state index in [2.05, 4.69) is 15.4 Å². The minimum absolute atomic E-state index is 0.0198. The van der Waals surface area contributed by atoms with Gasteiger partial charge in [-0.15, -0.1) is 0 Å². The molecule has 2 heterocycles. The van der Waals surface area contributed by atoms with Gasteiger partial charge >= 0.3 is 0 Å². The molecule has 28 heavy (non-hydrogen) atoms. The van der Waals surface area contributed by atoms with Gasteiger partial charge in [-0.1, -0.05) is 53.5 Å². The second-order valence-electron chi connectivity index (χ2n) is 6.23. The van der Waals surface area contributed by atoms with Crippen LogP contribution >= 0.6 is 23.2 Å². The largest absolute Gasteiger partial charge is 0.311 e. The third-order valence-corrected chi connectivity index (χ3v) is 4.48. The molecular formula is C20H18Cl2N4O2. The van der Waals surface area contributed by atoms with E-state index in [0.717, 1.165) is 0 Å². The fourth-order valence-corrected chi connectivity index (χ4v) is 3.16. The maximum Gasteiger partial charge on any atom is 0.225 e. The molecule has 0 fully saturated rings. The van der Waals surface area contributed by atoms with E-state index in [1.165, 1.54) is 10.9 Å². The molecule has 0 saturated carbocycles. The first-order valence-electron chi connectivity index (χ1n) is 8.70. The molecule has 0 aliphatic carbocycles. The van der Waals surface area contributed by atoms with Crippen LogP contribution in [0.5, 0.6) is 0 Å². The first-order valence-corrected chi connectivity index (χ1v) is 9.46. The number of hydrogen-bond donors (Lipinski definition) is 1. The van der Waals surface area contributed by atoms with E-state index in [-0.39, 0.29) is 18.1 Å². The highest BCUT2D eigenvalue weighted by molar-refractivity contribution is 6.35. The van der Waals surface area contributed by atoms with Crippen molar-refractivity contribution in [2.75, 3.05) is 5.32 Å². The van der Waals surface area contributed by atoms with E-state index in [1.807, 2.05) is 18.2 Å². The zero-order valence-electron chi connectivity index (χ0n) is 15.2. The van der Waals surface area contributed by atoms with Crippen molar-refractivity contribution in [2.24, 2.45) is 0 Å². The molecule has 0 spiro atoms. The number of nitrogens with zero attached hydrogens (tertiary/aromatic N) is 3. The number of benzene rings is 1. The Morgan fingerprint density at radius 1 is 1.11 bits per heavy atom. The highest BCUT2D eigenvalue weighted by Crippen LogP contribution is 2.25. The van der Waals surface area contributed by atoms with Gasteiger partial charge in [-0.3, -0.25) is 9.59 Å². The lowest BCUT2D eigenvalue weighted by Crippen LogP contribution is -2.15. The van der Waals surface area contributed by atoms with Gasteiger partial charge in [0.25, 0.3) is 0 Å². The molecule has 6 nitrogen and oxygen atoms in total. The fraction of sp³-hybridized carbons (Fsp3) is 0.200. The number of carbonyl (C=O) groups is 2. The van der Waals surface area contributed by atoms with E-state index < -0.39 is 0 Å². The summed E-state index contributed by atoms with van der Waals surface area (Å²) in [6, 6.07) is 12.3. The molecule has 0 aliphatic heterocycles. The van der Waals surface area contributed by atoms with Gasteiger partial charge in [0.2, 0.25) is 5.91 Å². The summed E-state index contributed by atoms with van der Waals surface area (Å²) in [7, 11) is 0. The number of halogens is 2. The minimum Gasteiger partial charge on any atom is -0.311 e. The topological polar surface area (TPSA) is 76.9 Å². The highest BCUT2D eigenvalue weighted by Gasteiger charge is 2.15. The van der Waals surface area contributed by atoms with Crippen LogP contribution in [0.4, 0.5) is 5.82 Å². The summed E-state index contributed by atoms with van der Waals surface area (Å²) in [5, 5.41) is 7.86. The summed E-state index contributed by atoms with van der Waals surface area (Å²) in [6.45, 7) is 1.80. The highest BCUT2D eigenvalue weighted by atomic mass is 35.5. The smallest absolute Gasteiger partial charge is 0.225 e. The summed E-state index contributed by atoms with van der Waals surface area (Å²) < 4.78 is 1.46. The Kier molecular flexibility index (Phi) is 6.44. The van der Waals surface area contributed by atoms with Crippen LogP contribution in [0, 0.1) is 6.92 Å². The predicted octanol–water partition coefficient (Wildman–Crippen LogP) is 4.87. The SMILES string of the molecule is Cc1cc(NC(=O)CCCC(=O)c2ccccc2)n(-c2ncc(Cl)cc2Cl)n1. The molecule has 2 aromatic heterocycles. The summed E-state index contributed by atoms with van der Waals surface area (Å²) in [6.07, 6.45) is 2.43. The third-order valence-electron chi connectivity index (χ3n) is 3.99. The summed E-state index contributed by atoms with van der Waals surface area (Å²) >= 11 is 12.1. The van der Waals surface area contributed by atoms with Crippen LogP contribution in [0.15, 0.2) is 48.7 Å². The Bertz CT molecular complexity index is 1000. The minimum atomic E-state index is -0.216. The molecule has 0 radical (unpaired) electrons. The quantitative estimate of drug-likeness (QED) is 0.557. The van der Waals surface area contributed by atoms with Gasteiger partial charge in [-0.2, -0.15) is 9.78 Å². The lowest BCUT2D eigenvalue weighted by atomic mass is 10.1. The number of aryl methyl sites for hydroxylation is 1. The number of amides is 1. The predicted molar refractivity (Wildman–Crippen MR) is 109 cm³/mol. The summed E-state index contributed by atoms with van der Waals surface area (Å²) in [5.41, 5.74) is 1.35. The Morgan fingerprint density at radius 3 is 2.57 bits per heavy atom. The zero-order chi connectivity index (χ0) is 20.1. The van der Waals surface area contributed by atoms with Gasteiger partial charge in [0.15, 0.2) is 11.6 Å². The van der Waals surface area contributed by atoms with Crippen molar-refractivity contribution in [2.45, 2.75) is 26.2 Å². The maximum absolute atomic E-state index is 12.3. The van der Waals surface area contributed by atoms with Gasteiger partial charge in [-0.05, 0) is 19.4 Å². The first kappa shape index (κ1) is 20.0. The van der Waals surface area contributed by atoms with Crippen LogP contribution in [0.2, 0.25) is 10.0 Å². The number of Topliss-reactive ketones (excluding diaryl/α,β-unsaturated/α-hetero) is 1. The van der Waals surface area contributed by atoms with Gasteiger partial charge in [0, 0.05) is 30.7 Å². The van der Waals surface area contributed by atoms with E-state index in [1.54, 1.807) is 31.2 Å². The Labute approximate surface area is 172 Å². The molecule has 0 atom stereocenters. The van der Waals surface area contributed by atoms with E-state index >= 15 is 0 Å². The zero-order valence-corrected chi connectivity index (χ0v) is 16.7. The molecule has 3 rings (SSSR count). The van der Waals surface area contributed by atoms with Crippen molar-refractivity contribution < 1.29 is 9.59 Å². The van der Waals surface area contributed by atoms with Crippen molar-refractivity contribution in [3.05, 3.63) is 70.0 Å². The summed E-state index contributed by atoms with van der Waals surface area (Å²) in [4.78, 5) is 28.6. The van der Waals surface area contributed by atoms with Gasteiger partial charge in [0.1, 0.15) is 5.82 Å². The second kappa shape index (κ2) is 8.99. The van der Waals surface area contributed by atoms with Crippen molar-refractivity contribution in [3.63, 3.8) is 0 Å². The van der Waals surface area contributed by atoms with Crippen molar-refractivity contribution in [3.8, 4) is 5.82 Å². The number of pyridine rings is 1. The molecule has 0 bridgehead atoms. The number of ketones is 1. The molecule has 8 heteroatoms. The number of hydrogen-bond acceptors (Lipinski definition) is 4. The van der Waals surface area contributed by atoms with Crippen LogP contribution in [-0.2, 0) is 4.79 Å². The number of anilines is 1. The molecule has 0 aliphatic rings. The number of carbonyl (C=O) groups excluding carboxylic acids is 2. The number of aromatic nitrogens is 3. The standard InChI is InChI=1S/C20H18Cl2N4O2/c1-13-10-18(26(25-13)20-16(22)11-15(21)12-23-20)24-19(28)9-5-8-17(27)14-6-3-2-4-7-14/h2-4,6-7,10-12H,5,8-9H2,1H3,(H,24,28). The van der Waals surface area contributed by atoms with Gasteiger partial charge < -0.3 is 5.32 Å². The third kappa shape index (κ3) is 4.97. The van der Waals surface area contributed by atoms with E-state index in [4.69, 9.17) is 23.2 Å². The lowest BCUT2D eigenvalue weighted by Gasteiger charge is -2.09. The van der Waals surface area contributed by atoms with Gasteiger partial charge in [-0.25, -0.2) is 4.98 Å². The first-order chi connectivity index (χ1) is 13.4. The van der Waals surface area contributed by atoms with Crippen LogP contribution in [-0.4, -0.2) is 26.5 Å². The normalized spacial score (nSPS) is 10.7. The number of rotatable bonds is 7. The molecule has 0 saturated heterocycles. The van der Waals surface area contributed by atoms with Crippen molar-refractivity contribution >= 4 is 40.7 Å². The summed E-state index contributed by atoms with van der Waals surface area (Å²) in [5.74, 6) is 0.626. The van der Waals surface area contributed by atoms with Gasteiger partial charge in [0.05, 0.1) is 15.7 Å².